The lowest BCUT2D eigenvalue weighted by molar-refractivity contribution is 0.454. The predicted molar refractivity (Wildman–Crippen MR) is 199 cm³/mol. The number of aryl methyl sites for hydroxylation is 1. The molecule has 4 heteroatoms. The molecule has 0 saturated heterocycles. The topological polar surface area (TPSA) is 19.4 Å². The van der Waals surface area contributed by atoms with E-state index in [2.05, 4.69) is 162 Å². The molecule has 2 unspecified atom stereocenters. The van der Waals surface area contributed by atoms with E-state index in [0.717, 1.165) is 15.4 Å². The van der Waals surface area contributed by atoms with Crippen molar-refractivity contribution in [2.75, 3.05) is 9.80 Å². The van der Waals surface area contributed by atoms with Crippen LogP contribution < -0.4 is 15.0 Å². The van der Waals surface area contributed by atoms with Crippen LogP contribution in [-0.2, 0) is 0 Å². The zero-order valence-electron chi connectivity index (χ0n) is 25.9. The summed E-state index contributed by atoms with van der Waals surface area (Å²) < 4.78 is 0.778. The second-order valence-corrected chi connectivity index (χ2v) is 14.7. The Morgan fingerprint density at radius 3 is 2.07 bits per heavy atom. The van der Waals surface area contributed by atoms with Crippen LogP contribution >= 0.6 is 22.6 Å². The molecule has 0 bridgehead atoms. The monoisotopic (exact) mass is 699 g/mol. The van der Waals surface area contributed by atoms with Gasteiger partial charge in [0.25, 0.3) is 0 Å². The average Bonchev–Trinajstić information content (AvgIpc) is 3.08. The minimum Gasteiger partial charge on any atom is -0.338 e. The first-order valence-electron chi connectivity index (χ1n) is 16.3. The number of hydrogen-bond acceptors (Lipinski definition) is 3. The van der Waals surface area contributed by atoms with Crippen molar-refractivity contribution >= 4 is 73.1 Å². The Kier molecular flexibility index (Phi) is 7.49. The third kappa shape index (κ3) is 5.07. The number of benzene rings is 5. The van der Waals surface area contributed by atoms with Crippen LogP contribution in [0.15, 0.2) is 115 Å². The highest BCUT2D eigenvalue weighted by Gasteiger charge is 2.33. The molecule has 0 spiro atoms. The Morgan fingerprint density at radius 2 is 1.38 bits per heavy atom. The van der Waals surface area contributed by atoms with Gasteiger partial charge >= 0.3 is 0 Å². The van der Waals surface area contributed by atoms with Crippen LogP contribution in [0.25, 0.3) is 27.6 Å². The van der Waals surface area contributed by atoms with Crippen molar-refractivity contribution in [2.24, 2.45) is 5.92 Å². The van der Waals surface area contributed by atoms with Gasteiger partial charge in [-0.3, -0.25) is 0 Å². The van der Waals surface area contributed by atoms with Crippen LogP contribution in [0.4, 0.5) is 22.9 Å². The molecule has 1 saturated carbocycles. The van der Waals surface area contributed by atoms with Gasteiger partial charge in [-0.1, -0.05) is 108 Å². The Morgan fingerprint density at radius 1 is 0.689 bits per heavy atom. The van der Waals surface area contributed by atoms with E-state index in [1.54, 1.807) is 0 Å². The van der Waals surface area contributed by atoms with Gasteiger partial charge < -0.3 is 9.80 Å². The van der Waals surface area contributed by atoms with E-state index in [1.165, 1.54) is 74.9 Å². The fourth-order valence-corrected chi connectivity index (χ4v) is 8.59. The van der Waals surface area contributed by atoms with E-state index in [0.29, 0.717) is 6.04 Å². The van der Waals surface area contributed by atoms with Crippen LogP contribution in [0, 0.1) is 12.8 Å². The molecule has 45 heavy (non-hydrogen) atoms. The molecule has 224 valence electrons. The smallest absolute Gasteiger partial charge is 0.133 e. The number of pyridine rings is 1. The minimum atomic E-state index is 0.109. The SMILES string of the molecule is Cc1ccc(N(c2ccccc2)C2c3ccc4ccc(N(c5ccccc5)C5CCC(I)CC5)c5ccc(c3c45)=CC2C)nc1. The molecular formula is C41H38IN3. The number of alkyl halides is 1. The van der Waals surface area contributed by atoms with Crippen molar-refractivity contribution in [3.8, 4) is 0 Å². The van der Waals surface area contributed by atoms with Gasteiger partial charge in [0.05, 0.1) is 6.04 Å². The van der Waals surface area contributed by atoms with Crippen molar-refractivity contribution in [1.29, 1.82) is 0 Å². The molecule has 3 nitrogen and oxygen atoms in total. The van der Waals surface area contributed by atoms with Crippen LogP contribution in [0.1, 0.15) is 49.8 Å². The maximum absolute atomic E-state index is 4.96. The molecule has 1 fully saturated rings. The van der Waals surface area contributed by atoms with E-state index < -0.39 is 0 Å². The van der Waals surface area contributed by atoms with Crippen LogP contribution in [0.2, 0.25) is 0 Å². The van der Waals surface area contributed by atoms with Crippen LogP contribution in [0.3, 0.4) is 0 Å². The summed E-state index contributed by atoms with van der Waals surface area (Å²) in [5, 5.41) is 6.75. The van der Waals surface area contributed by atoms with Gasteiger partial charge in [0.15, 0.2) is 0 Å². The molecule has 1 aromatic heterocycles. The van der Waals surface area contributed by atoms with Gasteiger partial charge in [0, 0.05) is 38.6 Å². The second kappa shape index (κ2) is 11.8. The Hall–Kier alpha value is -3.90. The number of aromatic nitrogens is 1. The highest BCUT2D eigenvalue weighted by atomic mass is 127. The Balaban J connectivity index is 1.35. The number of halogens is 1. The summed E-state index contributed by atoms with van der Waals surface area (Å²) in [6.07, 6.45) is 9.46. The molecule has 2 aliphatic carbocycles. The molecule has 5 aromatic carbocycles. The number of anilines is 4. The molecule has 2 atom stereocenters. The van der Waals surface area contributed by atoms with Gasteiger partial charge in [0.2, 0.25) is 0 Å². The Bertz CT molecular complexity index is 2020. The summed E-state index contributed by atoms with van der Waals surface area (Å²) in [7, 11) is 0. The van der Waals surface area contributed by atoms with Crippen LogP contribution in [0.5, 0.6) is 0 Å². The predicted octanol–water partition coefficient (Wildman–Crippen LogP) is 10.6. The molecule has 6 aromatic rings. The van der Waals surface area contributed by atoms with Crippen molar-refractivity contribution in [3.05, 3.63) is 132 Å². The largest absolute Gasteiger partial charge is 0.338 e. The fourth-order valence-electron chi connectivity index (χ4n) is 7.87. The summed E-state index contributed by atoms with van der Waals surface area (Å²) in [5.41, 5.74) is 6.32. The third-order valence-corrected chi connectivity index (χ3v) is 11.2. The lowest BCUT2D eigenvalue weighted by Gasteiger charge is -2.40. The molecule has 0 N–H and O–H groups in total. The summed E-state index contributed by atoms with van der Waals surface area (Å²) in [5.74, 6) is 1.26. The van der Waals surface area contributed by atoms with Crippen molar-refractivity contribution in [2.45, 2.75) is 55.5 Å². The maximum atomic E-state index is 4.96. The standard InChI is InChI=1S/C41H38IN3/c1-27-13-24-38(43-26-27)45(33-11-7-4-8-12-33)41-28(2)25-30-15-21-35-37(23-16-29-14-22-36(41)40(30)39(29)35)44(32-9-5-3-6-10-32)34-19-17-31(42)18-20-34/h3-16,21-26,28,31,34,41H,17-20H2,1-2H3. The number of hydrogen-bond donors (Lipinski definition) is 0. The minimum absolute atomic E-state index is 0.109. The van der Waals surface area contributed by atoms with Gasteiger partial charge in [-0.25, -0.2) is 4.98 Å². The highest BCUT2D eigenvalue weighted by Crippen LogP contribution is 2.46. The van der Waals surface area contributed by atoms with Gasteiger partial charge in [-0.15, -0.1) is 0 Å². The summed E-state index contributed by atoms with van der Waals surface area (Å²) in [6, 6.07) is 41.0. The maximum Gasteiger partial charge on any atom is 0.133 e. The van der Waals surface area contributed by atoms with Crippen molar-refractivity contribution in [3.63, 3.8) is 0 Å². The van der Waals surface area contributed by atoms with Gasteiger partial charge in [0.1, 0.15) is 5.82 Å². The van der Waals surface area contributed by atoms with E-state index >= 15 is 0 Å². The lowest BCUT2D eigenvalue weighted by Crippen LogP contribution is -2.35. The normalized spacial score (nSPS) is 21.0. The summed E-state index contributed by atoms with van der Waals surface area (Å²) in [4.78, 5) is 10.1. The molecule has 0 aliphatic heterocycles. The summed E-state index contributed by atoms with van der Waals surface area (Å²) >= 11 is 2.65. The molecule has 0 radical (unpaired) electrons. The number of rotatable bonds is 6. The first-order chi connectivity index (χ1) is 22.1. The third-order valence-electron chi connectivity index (χ3n) is 9.95. The highest BCUT2D eigenvalue weighted by molar-refractivity contribution is 14.1. The molecule has 1 heterocycles. The zero-order chi connectivity index (χ0) is 30.5. The number of para-hydroxylation sites is 2. The molecule has 0 amide bonds. The summed E-state index contributed by atoms with van der Waals surface area (Å²) in [6.45, 7) is 4.46. The average molecular weight is 700 g/mol. The van der Waals surface area contributed by atoms with Crippen LogP contribution in [-0.4, -0.2) is 15.0 Å². The first kappa shape index (κ1) is 28.6. The zero-order valence-corrected chi connectivity index (χ0v) is 28.1. The lowest BCUT2D eigenvalue weighted by atomic mass is 9.81. The number of nitrogens with zero attached hydrogens (tertiary/aromatic N) is 3. The fraction of sp³-hybridized carbons (Fsp3) is 0.244. The van der Waals surface area contributed by atoms with Gasteiger partial charge in [-0.2, -0.15) is 0 Å². The first-order valence-corrected chi connectivity index (χ1v) is 17.6. The van der Waals surface area contributed by atoms with Gasteiger partial charge in [-0.05, 0) is 107 Å². The van der Waals surface area contributed by atoms with E-state index in [9.17, 15) is 0 Å². The quantitative estimate of drug-likeness (QED) is 0.127. The van der Waals surface area contributed by atoms with E-state index in [-0.39, 0.29) is 12.0 Å². The Labute approximate surface area is 279 Å². The second-order valence-electron chi connectivity index (χ2n) is 12.9. The molecule has 2 aliphatic rings. The van der Waals surface area contributed by atoms with E-state index in [4.69, 9.17) is 4.98 Å². The van der Waals surface area contributed by atoms with Crippen molar-refractivity contribution in [1.82, 2.24) is 4.98 Å². The van der Waals surface area contributed by atoms with E-state index in [1.807, 2.05) is 6.20 Å². The molecule has 8 rings (SSSR count). The molecular weight excluding hydrogens is 661 g/mol. The van der Waals surface area contributed by atoms with Crippen molar-refractivity contribution < 1.29 is 0 Å².